The molecule has 0 radical (unpaired) electrons. The van der Waals surface area contributed by atoms with Gasteiger partial charge >= 0.3 is 41.9 Å². The van der Waals surface area contributed by atoms with E-state index in [0.717, 1.165) is 5.57 Å². The molecule has 0 N–H and O–H groups in total. The van der Waals surface area contributed by atoms with E-state index in [1.54, 1.807) is 33.8 Å². The molecule has 7 atom stereocenters. The average molecular weight is 663 g/mol. The van der Waals surface area contributed by atoms with Crippen LogP contribution in [0.4, 0.5) is 30.7 Å². The van der Waals surface area contributed by atoms with Crippen molar-refractivity contribution in [3.63, 3.8) is 0 Å². The SMILES string of the molecule is CC(C)=CC(C(=O)OCC(=O)OC1C(=O)OC2C3OC4(CCCC4C(=O)OCC(F)(F)C(F)(F)C(F)(F)F)OC3OC12)=C(C)C. The van der Waals surface area contributed by atoms with Gasteiger partial charge in [-0.25, -0.2) is 14.4 Å². The third-order valence-electron chi connectivity index (χ3n) is 7.46. The first-order valence-corrected chi connectivity index (χ1v) is 13.6. The zero-order chi connectivity index (χ0) is 33.7. The molecule has 45 heavy (non-hydrogen) atoms. The molecule has 0 amide bonds. The number of carbonyl (C=O) groups excluding carboxylic acids is 4. The molecule has 4 rings (SSSR count). The summed E-state index contributed by atoms with van der Waals surface area (Å²) in [6.45, 7) is 3.43. The number of hydrogen-bond donors (Lipinski definition) is 0. The van der Waals surface area contributed by atoms with Crippen molar-refractivity contribution < 1.29 is 83.1 Å². The maximum atomic E-state index is 13.7. The molecule has 3 saturated heterocycles. The molecule has 0 aromatic rings. The van der Waals surface area contributed by atoms with E-state index < -0.39 is 97.5 Å². The van der Waals surface area contributed by atoms with E-state index in [1.807, 2.05) is 0 Å². The highest BCUT2D eigenvalue weighted by molar-refractivity contribution is 5.93. The molecule has 1 saturated carbocycles. The number of hydrogen-bond acceptors (Lipinski definition) is 11. The summed E-state index contributed by atoms with van der Waals surface area (Å²) in [5.74, 6) is -20.2. The Morgan fingerprint density at radius 3 is 2.22 bits per heavy atom. The Kier molecular flexibility index (Phi) is 9.36. The topological polar surface area (TPSA) is 133 Å². The fourth-order valence-electron chi connectivity index (χ4n) is 5.31. The summed E-state index contributed by atoms with van der Waals surface area (Å²) >= 11 is 0. The second-order valence-electron chi connectivity index (χ2n) is 11.3. The minimum Gasteiger partial charge on any atom is -0.459 e. The molecule has 7 unspecified atom stereocenters. The molecule has 252 valence electrons. The summed E-state index contributed by atoms with van der Waals surface area (Å²) < 4.78 is 128. The third-order valence-corrected chi connectivity index (χ3v) is 7.46. The molecule has 0 bridgehead atoms. The first-order chi connectivity index (χ1) is 20.7. The normalized spacial score (nSPS) is 30.8. The van der Waals surface area contributed by atoms with Crippen LogP contribution in [-0.4, -0.2) is 91.6 Å². The zero-order valence-electron chi connectivity index (χ0n) is 24.2. The Morgan fingerprint density at radius 1 is 0.956 bits per heavy atom. The van der Waals surface area contributed by atoms with E-state index in [4.69, 9.17) is 28.4 Å². The van der Waals surface area contributed by atoms with Gasteiger partial charge in [0, 0.05) is 6.42 Å². The molecule has 3 aliphatic heterocycles. The van der Waals surface area contributed by atoms with Gasteiger partial charge < -0.3 is 33.2 Å². The maximum absolute atomic E-state index is 13.7. The summed E-state index contributed by atoms with van der Waals surface area (Å²) in [5.41, 5.74) is 1.65. The number of alkyl halides is 7. The summed E-state index contributed by atoms with van der Waals surface area (Å²) in [6, 6.07) is 0. The summed E-state index contributed by atoms with van der Waals surface area (Å²) in [7, 11) is 0. The van der Waals surface area contributed by atoms with Crippen LogP contribution in [0, 0.1) is 5.92 Å². The van der Waals surface area contributed by atoms with Crippen LogP contribution in [-0.2, 0) is 52.3 Å². The Hall–Kier alpha value is -3.25. The molecule has 0 aromatic carbocycles. The molecule has 1 aliphatic carbocycles. The van der Waals surface area contributed by atoms with Crippen molar-refractivity contribution >= 4 is 23.9 Å². The molecule has 4 aliphatic rings. The second kappa shape index (κ2) is 12.2. The van der Waals surface area contributed by atoms with Crippen molar-refractivity contribution in [2.45, 2.75) is 101 Å². The number of rotatable bonds is 9. The van der Waals surface area contributed by atoms with Gasteiger partial charge in [0.25, 0.3) is 0 Å². The third kappa shape index (κ3) is 6.54. The zero-order valence-corrected chi connectivity index (χ0v) is 24.2. The maximum Gasteiger partial charge on any atom is 0.460 e. The Bertz CT molecular complexity index is 1290. The first kappa shape index (κ1) is 34.6. The highest BCUT2D eigenvalue weighted by Crippen LogP contribution is 2.52. The van der Waals surface area contributed by atoms with E-state index in [0.29, 0.717) is 5.57 Å². The van der Waals surface area contributed by atoms with Gasteiger partial charge in [-0.1, -0.05) is 11.1 Å². The van der Waals surface area contributed by atoms with Gasteiger partial charge in [0.1, 0.15) is 12.0 Å². The number of fused-ring (bicyclic) bond motifs is 3. The van der Waals surface area contributed by atoms with Crippen molar-refractivity contribution in [2.24, 2.45) is 5.92 Å². The fourth-order valence-corrected chi connectivity index (χ4v) is 5.31. The van der Waals surface area contributed by atoms with Crippen LogP contribution >= 0.6 is 0 Å². The van der Waals surface area contributed by atoms with Crippen LogP contribution in [0.2, 0.25) is 0 Å². The fraction of sp³-hybridized carbons (Fsp3) is 0.704. The summed E-state index contributed by atoms with van der Waals surface area (Å²) in [6.07, 6.45) is -11.8. The van der Waals surface area contributed by atoms with Gasteiger partial charge in [0.2, 0.25) is 6.10 Å². The van der Waals surface area contributed by atoms with E-state index in [9.17, 15) is 49.9 Å². The van der Waals surface area contributed by atoms with Crippen molar-refractivity contribution in [2.75, 3.05) is 13.2 Å². The Morgan fingerprint density at radius 2 is 1.62 bits per heavy atom. The van der Waals surface area contributed by atoms with Gasteiger partial charge in [0.05, 0.1) is 5.57 Å². The molecule has 1 spiro atoms. The smallest absolute Gasteiger partial charge is 0.459 e. The molecule has 11 nitrogen and oxygen atoms in total. The number of halogens is 7. The van der Waals surface area contributed by atoms with Gasteiger partial charge in [-0.05, 0) is 46.6 Å². The van der Waals surface area contributed by atoms with E-state index >= 15 is 0 Å². The van der Waals surface area contributed by atoms with Crippen molar-refractivity contribution in [3.8, 4) is 0 Å². The lowest BCUT2D eigenvalue weighted by Crippen LogP contribution is -2.55. The molecular formula is C27H29F7O11. The monoisotopic (exact) mass is 662 g/mol. The second-order valence-corrected chi connectivity index (χ2v) is 11.3. The molecule has 18 heteroatoms. The Labute approximate surface area is 250 Å². The minimum absolute atomic E-state index is 0.0617. The van der Waals surface area contributed by atoms with Crippen LogP contribution in [0.15, 0.2) is 22.8 Å². The number of ether oxygens (including phenoxy) is 7. The standard InChI is InChI=1S/C27H29F7O11/c1-11(2)8-13(12(3)4)20(36)39-9-15(35)41-18-16-17(42-22(18)38)19-23(43-16)45-24(44-19)7-5-6-14(24)21(37)40-10-25(28,29)26(30,31)27(32,33)34/h8,14,16-19,23H,5-7,9-10H2,1-4H3. The molecule has 4 fully saturated rings. The minimum atomic E-state index is -6.60. The van der Waals surface area contributed by atoms with Gasteiger partial charge in [0.15, 0.2) is 37.5 Å². The highest BCUT2D eigenvalue weighted by Gasteiger charge is 2.74. The lowest BCUT2D eigenvalue weighted by atomic mass is 10.0. The number of carbonyl (C=O) groups is 4. The summed E-state index contributed by atoms with van der Waals surface area (Å²) in [5, 5.41) is 0. The lowest BCUT2D eigenvalue weighted by molar-refractivity contribution is -0.360. The molecule has 0 aromatic heterocycles. The average Bonchev–Trinajstić information content (AvgIpc) is 3.66. The first-order valence-electron chi connectivity index (χ1n) is 13.6. The van der Waals surface area contributed by atoms with Crippen molar-refractivity contribution in [1.29, 1.82) is 0 Å². The quantitative estimate of drug-likeness (QED) is 0.118. The predicted octanol–water partition coefficient (Wildman–Crippen LogP) is 3.68. The van der Waals surface area contributed by atoms with E-state index in [-0.39, 0.29) is 24.8 Å². The largest absolute Gasteiger partial charge is 0.460 e. The van der Waals surface area contributed by atoms with Crippen LogP contribution in [0.5, 0.6) is 0 Å². The predicted molar refractivity (Wildman–Crippen MR) is 130 cm³/mol. The summed E-state index contributed by atoms with van der Waals surface area (Å²) in [4.78, 5) is 49.9. The molecular weight excluding hydrogens is 633 g/mol. The van der Waals surface area contributed by atoms with Crippen LogP contribution in [0.3, 0.4) is 0 Å². The van der Waals surface area contributed by atoms with Crippen LogP contribution in [0.25, 0.3) is 0 Å². The lowest BCUT2D eigenvalue weighted by Gasteiger charge is -2.31. The Balaban J connectivity index is 1.35. The molecule has 3 heterocycles. The van der Waals surface area contributed by atoms with E-state index in [2.05, 4.69) is 4.74 Å². The van der Waals surface area contributed by atoms with Gasteiger partial charge in [-0.15, -0.1) is 0 Å². The number of allylic oxidation sites excluding steroid dienone is 2. The van der Waals surface area contributed by atoms with Gasteiger partial charge in [-0.2, -0.15) is 30.7 Å². The van der Waals surface area contributed by atoms with Crippen molar-refractivity contribution in [3.05, 3.63) is 22.8 Å². The van der Waals surface area contributed by atoms with Crippen LogP contribution < -0.4 is 0 Å². The van der Waals surface area contributed by atoms with Gasteiger partial charge in [-0.3, -0.25) is 4.79 Å². The number of esters is 4. The van der Waals surface area contributed by atoms with E-state index in [1.165, 1.54) is 0 Å². The van der Waals surface area contributed by atoms with Crippen LogP contribution in [0.1, 0.15) is 47.0 Å². The highest BCUT2D eigenvalue weighted by atomic mass is 19.4. The van der Waals surface area contributed by atoms with Crippen molar-refractivity contribution in [1.82, 2.24) is 0 Å².